The molecule has 1 amide bonds. The minimum atomic E-state index is -0.878. The number of hydrogen-bond donors (Lipinski definition) is 2. The van der Waals surface area contributed by atoms with Crippen LogP contribution in [0, 0.1) is 5.82 Å². The molecule has 1 aliphatic rings. The predicted molar refractivity (Wildman–Crippen MR) is 126 cm³/mol. The second-order valence-electron chi connectivity index (χ2n) is 8.21. The van der Waals surface area contributed by atoms with Gasteiger partial charge in [0, 0.05) is 12.1 Å². The summed E-state index contributed by atoms with van der Waals surface area (Å²) in [5.74, 6) is -2.20. The number of carbonyl (C=O) groups is 2. The summed E-state index contributed by atoms with van der Waals surface area (Å²) in [4.78, 5) is 27.6. The number of halogens is 1. The summed E-state index contributed by atoms with van der Waals surface area (Å²) in [5.41, 5.74) is 1.58. The third-order valence-electron chi connectivity index (χ3n) is 6.04. The maximum Gasteiger partial charge on any atom is 0.295 e. The Morgan fingerprint density at radius 3 is 2.24 bits per heavy atom. The van der Waals surface area contributed by atoms with Gasteiger partial charge in [0.25, 0.3) is 11.7 Å². The van der Waals surface area contributed by atoms with Crippen molar-refractivity contribution in [2.75, 3.05) is 0 Å². The molecule has 6 heteroatoms. The van der Waals surface area contributed by atoms with Crippen molar-refractivity contribution in [2.24, 2.45) is 0 Å². The van der Waals surface area contributed by atoms with Gasteiger partial charge in [0.2, 0.25) is 0 Å². The normalized spacial score (nSPS) is 17.4. The number of aromatic hydroxyl groups is 1. The Balaban J connectivity index is 1.65. The second-order valence-corrected chi connectivity index (χ2v) is 8.21. The van der Waals surface area contributed by atoms with E-state index in [-0.39, 0.29) is 23.6 Å². The van der Waals surface area contributed by atoms with Gasteiger partial charge in [0.15, 0.2) is 0 Å². The molecule has 168 valence electrons. The largest absolute Gasteiger partial charge is 0.508 e. The molecule has 4 aromatic carbocycles. The number of carbonyl (C=O) groups excluding carboxylic acids is 2. The lowest BCUT2D eigenvalue weighted by Gasteiger charge is -2.25. The Morgan fingerprint density at radius 1 is 0.853 bits per heavy atom. The van der Waals surface area contributed by atoms with Crippen LogP contribution in [0.1, 0.15) is 22.7 Å². The summed E-state index contributed by atoms with van der Waals surface area (Å²) in [6.07, 6.45) is 0. The maximum atomic E-state index is 13.4. The Bertz CT molecular complexity index is 1440. The third kappa shape index (κ3) is 3.79. The van der Waals surface area contributed by atoms with Crippen molar-refractivity contribution in [1.82, 2.24) is 4.90 Å². The van der Waals surface area contributed by atoms with Crippen molar-refractivity contribution in [2.45, 2.75) is 12.6 Å². The Hall–Kier alpha value is -4.45. The molecule has 1 atom stereocenters. The average Bonchev–Trinajstić information content (AvgIpc) is 3.10. The molecule has 1 unspecified atom stereocenters. The Kier molecular flexibility index (Phi) is 5.34. The van der Waals surface area contributed by atoms with Crippen LogP contribution in [0.3, 0.4) is 0 Å². The molecule has 1 heterocycles. The van der Waals surface area contributed by atoms with E-state index in [1.54, 1.807) is 36.4 Å². The number of aliphatic hydroxyl groups excluding tert-OH is 1. The van der Waals surface area contributed by atoms with Crippen molar-refractivity contribution in [1.29, 1.82) is 0 Å². The fourth-order valence-corrected chi connectivity index (χ4v) is 4.32. The van der Waals surface area contributed by atoms with Gasteiger partial charge in [-0.15, -0.1) is 0 Å². The van der Waals surface area contributed by atoms with Crippen molar-refractivity contribution >= 4 is 28.2 Å². The van der Waals surface area contributed by atoms with E-state index in [1.165, 1.54) is 29.2 Å². The van der Waals surface area contributed by atoms with Crippen LogP contribution >= 0.6 is 0 Å². The zero-order valence-corrected chi connectivity index (χ0v) is 18.0. The van der Waals surface area contributed by atoms with Crippen molar-refractivity contribution in [3.8, 4) is 5.75 Å². The molecule has 0 saturated carbocycles. The molecule has 2 N–H and O–H groups in total. The number of likely N-dealkylation sites (tertiary alicyclic amines) is 1. The number of ketones is 1. The molecule has 5 nitrogen and oxygen atoms in total. The fraction of sp³-hybridized carbons (Fsp3) is 0.0714. The van der Waals surface area contributed by atoms with Gasteiger partial charge >= 0.3 is 0 Å². The highest BCUT2D eigenvalue weighted by molar-refractivity contribution is 6.46. The van der Waals surface area contributed by atoms with E-state index in [1.807, 2.05) is 30.3 Å². The van der Waals surface area contributed by atoms with Crippen LogP contribution in [-0.2, 0) is 16.1 Å². The number of hydrogen-bond acceptors (Lipinski definition) is 4. The molecule has 34 heavy (non-hydrogen) atoms. The first kappa shape index (κ1) is 21.4. The number of rotatable bonds is 4. The molecule has 0 radical (unpaired) electrons. The molecule has 0 spiro atoms. The molecular weight excluding hydrogens is 433 g/mol. The van der Waals surface area contributed by atoms with Gasteiger partial charge in [-0.3, -0.25) is 9.59 Å². The number of phenolic OH excluding ortho intramolecular Hbond substituents is 1. The van der Waals surface area contributed by atoms with Gasteiger partial charge in [0.05, 0.1) is 11.6 Å². The van der Waals surface area contributed by atoms with Gasteiger partial charge in [-0.2, -0.15) is 0 Å². The molecular formula is C28H20FNO4. The predicted octanol–water partition coefficient (Wildman–Crippen LogP) is 5.31. The van der Waals surface area contributed by atoms with Gasteiger partial charge < -0.3 is 15.1 Å². The summed E-state index contributed by atoms with van der Waals surface area (Å²) in [6, 6.07) is 23.9. The molecule has 1 fully saturated rings. The number of nitrogens with zero attached hydrogens (tertiary/aromatic N) is 1. The van der Waals surface area contributed by atoms with Gasteiger partial charge in [-0.1, -0.05) is 60.7 Å². The third-order valence-corrected chi connectivity index (χ3v) is 6.04. The molecule has 0 aliphatic carbocycles. The summed E-state index contributed by atoms with van der Waals surface area (Å²) in [6.45, 7) is 0.0465. The van der Waals surface area contributed by atoms with Crippen molar-refractivity contribution < 1.29 is 24.2 Å². The highest BCUT2D eigenvalue weighted by Crippen LogP contribution is 2.41. The molecule has 1 saturated heterocycles. The molecule has 4 aromatic rings. The highest BCUT2D eigenvalue weighted by atomic mass is 19.1. The fourth-order valence-electron chi connectivity index (χ4n) is 4.32. The minimum Gasteiger partial charge on any atom is -0.508 e. The molecule has 0 bridgehead atoms. The number of Topliss-reactive ketones (excluding diaryl/α,β-unsaturated/α-hetero) is 1. The SMILES string of the molecule is O=C1C(=O)N(Cc2ccc(F)cc2)C(c2ccc(O)cc2)/C1=C(/O)c1ccc2ccccc2c1. The number of phenols is 1. The lowest BCUT2D eigenvalue weighted by Crippen LogP contribution is -2.29. The Labute approximate surface area is 195 Å². The number of aliphatic hydroxyl groups is 1. The first-order chi connectivity index (χ1) is 16.4. The molecule has 1 aliphatic heterocycles. The van der Waals surface area contributed by atoms with Crippen LogP contribution < -0.4 is 0 Å². The minimum absolute atomic E-state index is 0.0342. The lowest BCUT2D eigenvalue weighted by molar-refractivity contribution is -0.140. The topological polar surface area (TPSA) is 77.8 Å². The molecule has 5 rings (SSSR count). The van der Waals surface area contributed by atoms with Crippen molar-refractivity contribution in [3.05, 3.63) is 119 Å². The van der Waals surface area contributed by atoms with Gasteiger partial charge in [0.1, 0.15) is 17.3 Å². The smallest absolute Gasteiger partial charge is 0.295 e. The Morgan fingerprint density at radius 2 is 1.53 bits per heavy atom. The zero-order valence-electron chi connectivity index (χ0n) is 18.0. The maximum absolute atomic E-state index is 13.4. The lowest BCUT2D eigenvalue weighted by atomic mass is 9.94. The van der Waals surface area contributed by atoms with Crippen LogP contribution in [0.15, 0.2) is 96.6 Å². The van der Waals surface area contributed by atoms with E-state index in [2.05, 4.69) is 0 Å². The standard InChI is InChI=1S/C28H20FNO4/c29-22-11-5-17(6-12-22)16-30-25(19-9-13-23(31)14-10-19)24(27(33)28(30)34)26(32)21-8-7-18-3-1-2-4-20(18)15-21/h1-15,25,31-32H,16H2/b26-24-. The van der Waals surface area contributed by atoms with Gasteiger partial charge in [-0.05, 0) is 52.2 Å². The quantitative estimate of drug-likeness (QED) is 0.250. The number of amides is 1. The van der Waals surface area contributed by atoms with E-state index < -0.39 is 23.5 Å². The number of fused-ring (bicyclic) bond motifs is 1. The van der Waals surface area contributed by atoms with Gasteiger partial charge in [-0.25, -0.2) is 4.39 Å². The van der Waals surface area contributed by atoms with Crippen molar-refractivity contribution in [3.63, 3.8) is 0 Å². The summed E-state index contributed by atoms with van der Waals surface area (Å²) < 4.78 is 13.4. The summed E-state index contributed by atoms with van der Waals surface area (Å²) in [5, 5.41) is 22.9. The average molecular weight is 453 g/mol. The van der Waals surface area contributed by atoms with E-state index in [0.717, 1.165) is 10.8 Å². The first-order valence-corrected chi connectivity index (χ1v) is 10.7. The first-order valence-electron chi connectivity index (χ1n) is 10.7. The highest BCUT2D eigenvalue weighted by Gasteiger charge is 2.46. The van der Waals surface area contributed by atoms with E-state index in [9.17, 15) is 24.2 Å². The van der Waals surface area contributed by atoms with E-state index in [4.69, 9.17) is 0 Å². The monoisotopic (exact) mass is 453 g/mol. The van der Waals surface area contributed by atoms with E-state index in [0.29, 0.717) is 16.7 Å². The van der Waals surface area contributed by atoms with E-state index >= 15 is 0 Å². The van der Waals surface area contributed by atoms with Crippen LogP contribution in [0.25, 0.3) is 16.5 Å². The molecule has 0 aromatic heterocycles. The van der Waals surface area contributed by atoms with Crippen LogP contribution in [0.5, 0.6) is 5.75 Å². The van der Waals surface area contributed by atoms with Crippen LogP contribution in [0.2, 0.25) is 0 Å². The van der Waals surface area contributed by atoms with Crippen LogP contribution in [0.4, 0.5) is 4.39 Å². The summed E-state index contributed by atoms with van der Waals surface area (Å²) in [7, 11) is 0. The number of benzene rings is 4. The van der Waals surface area contributed by atoms with Crippen LogP contribution in [-0.4, -0.2) is 26.8 Å². The zero-order chi connectivity index (χ0) is 23.8. The summed E-state index contributed by atoms with van der Waals surface area (Å²) >= 11 is 0. The second kappa shape index (κ2) is 8.48.